The molecule has 38 heavy (non-hydrogen) atoms. The molecule has 0 amide bonds. The molecule has 3 fully saturated rings. The topological polar surface area (TPSA) is 69.7 Å². The first-order valence-corrected chi connectivity index (χ1v) is 14.7. The zero-order valence-corrected chi connectivity index (χ0v) is 22.1. The molecule has 1 spiro atoms. The molecule has 5 nitrogen and oxygen atoms in total. The smallest absolute Gasteiger partial charge is 0.376 e. The number of benzene rings is 1. The van der Waals surface area contributed by atoms with Gasteiger partial charge in [0, 0.05) is 17.8 Å². The van der Waals surface area contributed by atoms with Crippen molar-refractivity contribution in [2.75, 3.05) is 6.61 Å². The molecular weight excluding hydrogens is 517 g/mol. The molecule has 0 unspecified atom stereocenters. The minimum Gasteiger partial charge on any atom is -0.376 e. The largest absolute Gasteiger partial charge is 0.534 e. The first-order chi connectivity index (χ1) is 17.9. The molecule has 9 heteroatoms. The van der Waals surface area contributed by atoms with Gasteiger partial charge in [0.15, 0.2) is 5.78 Å². The fourth-order valence-electron chi connectivity index (χ4n) is 8.35. The summed E-state index contributed by atoms with van der Waals surface area (Å²) in [5.74, 6) is 0.473. The first kappa shape index (κ1) is 25.9. The highest BCUT2D eigenvalue weighted by Crippen LogP contribution is 2.70. The molecule has 5 atom stereocenters. The van der Waals surface area contributed by atoms with Gasteiger partial charge in [0.25, 0.3) is 0 Å². The Hall–Kier alpha value is -2.39. The van der Waals surface area contributed by atoms with Crippen LogP contribution in [0.1, 0.15) is 69.8 Å². The van der Waals surface area contributed by atoms with E-state index in [0.29, 0.717) is 31.3 Å². The van der Waals surface area contributed by atoms with Gasteiger partial charge in [-0.15, -0.1) is 0 Å². The lowest BCUT2D eigenvalue weighted by Gasteiger charge is -2.55. The normalized spacial score (nSPS) is 35.2. The molecule has 1 aliphatic heterocycles. The van der Waals surface area contributed by atoms with Crippen LogP contribution in [0, 0.1) is 17.3 Å². The maximum atomic E-state index is 12.8. The van der Waals surface area contributed by atoms with Gasteiger partial charge in [0.1, 0.15) is 5.75 Å². The van der Waals surface area contributed by atoms with E-state index in [2.05, 4.69) is 17.7 Å². The van der Waals surface area contributed by atoms with Crippen molar-refractivity contribution in [1.82, 2.24) is 0 Å². The number of halogens is 3. The third-order valence-corrected chi connectivity index (χ3v) is 10.9. The summed E-state index contributed by atoms with van der Waals surface area (Å²) in [6.45, 7) is 7.40. The predicted molar refractivity (Wildman–Crippen MR) is 135 cm³/mol. The molecule has 6 rings (SSSR count). The Kier molecular flexibility index (Phi) is 5.82. The Morgan fingerprint density at radius 1 is 1.08 bits per heavy atom. The molecule has 1 aromatic rings. The number of ketones is 1. The van der Waals surface area contributed by atoms with Gasteiger partial charge >= 0.3 is 15.6 Å². The average molecular weight is 549 g/mol. The van der Waals surface area contributed by atoms with Crippen molar-refractivity contribution in [1.29, 1.82) is 0 Å². The fourth-order valence-corrected chi connectivity index (χ4v) is 8.81. The van der Waals surface area contributed by atoms with Crippen LogP contribution in [0.25, 0.3) is 0 Å². The van der Waals surface area contributed by atoms with Crippen molar-refractivity contribution in [2.24, 2.45) is 17.3 Å². The lowest BCUT2D eigenvalue weighted by Crippen LogP contribution is -2.52. The monoisotopic (exact) mass is 548 g/mol. The maximum Gasteiger partial charge on any atom is 0.534 e. The van der Waals surface area contributed by atoms with Gasteiger partial charge in [0.05, 0.1) is 12.2 Å². The van der Waals surface area contributed by atoms with E-state index in [1.165, 1.54) is 23.3 Å². The summed E-state index contributed by atoms with van der Waals surface area (Å²) in [7, 11) is -5.75. The highest BCUT2D eigenvalue weighted by atomic mass is 32.2. The fraction of sp³-hybridized carbons (Fsp3) is 0.552. The lowest BCUT2D eigenvalue weighted by atomic mass is 9.50. The van der Waals surface area contributed by atoms with Gasteiger partial charge in [0.2, 0.25) is 0 Å². The maximum absolute atomic E-state index is 12.8. The van der Waals surface area contributed by atoms with Gasteiger partial charge in [-0.1, -0.05) is 31.2 Å². The molecule has 2 saturated carbocycles. The molecule has 1 heterocycles. The van der Waals surface area contributed by atoms with E-state index in [1.54, 1.807) is 18.2 Å². The van der Waals surface area contributed by atoms with Gasteiger partial charge in [-0.2, -0.15) is 21.6 Å². The summed E-state index contributed by atoms with van der Waals surface area (Å²) >= 11 is 0. The summed E-state index contributed by atoms with van der Waals surface area (Å²) < 4.78 is 72.4. The average Bonchev–Trinajstić information content (AvgIpc) is 3.38. The lowest BCUT2D eigenvalue weighted by molar-refractivity contribution is -0.114. The van der Waals surface area contributed by atoms with Crippen LogP contribution < -0.4 is 4.18 Å². The number of carbonyl (C=O) groups excluding carboxylic acids is 1. The number of alkyl halides is 3. The number of hydrogen-bond donors (Lipinski definition) is 0. The molecule has 0 N–H and O–H groups in total. The number of allylic oxidation sites excluding steroid dienone is 4. The van der Waals surface area contributed by atoms with Crippen LogP contribution in [-0.2, 0) is 19.6 Å². The molecule has 0 bridgehead atoms. The molecule has 4 aliphatic carbocycles. The summed E-state index contributed by atoms with van der Waals surface area (Å²) in [6.07, 6.45) is 8.41. The SMILES string of the molecule is C=C1CCO[C@]12CC[C@H]1[C@@H]3CCC4=CC(=O)CCC4=C3[C@@H](c3ccc(OS(=O)(=O)C(F)(F)F)cc3)C[C@@]12C. The van der Waals surface area contributed by atoms with Crippen molar-refractivity contribution < 1.29 is 35.3 Å². The van der Waals surface area contributed by atoms with Crippen molar-refractivity contribution in [2.45, 2.75) is 75.3 Å². The van der Waals surface area contributed by atoms with Crippen molar-refractivity contribution >= 4 is 15.9 Å². The molecule has 5 aliphatic rings. The molecule has 1 aromatic carbocycles. The molecular formula is C29H31F3O5S. The Bertz CT molecular complexity index is 1370. The summed E-state index contributed by atoms with van der Waals surface area (Å²) in [5, 5.41) is 0. The van der Waals surface area contributed by atoms with Crippen LogP contribution in [0.4, 0.5) is 13.2 Å². The Morgan fingerprint density at radius 2 is 1.82 bits per heavy atom. The summed E-state index contributed by atoms with van der Waals surface area (Å²) in [6, 6.07) is 5.95. The molecule has 1 saturated heterocycles. The number of ether oxygens (including phenoxy) is 1. The summed E-state index contributed by atoms with van der Waals surface area (Å²) in [5.41, 5.74) is -0.269. The van der Waals surface area contributed by atoms with E-state index in [-0.39, 0.29) is 28.5 Å². The van der Waals surface area contributed by atoms with Gasteiger partial charge in [-0.05, 0) is 97.3 Å². The summed E-state index contributed by atoms with van der Waals surface area (Å²) in [4.78, 5) is 12.2. The minimum absolute atomic E-state index is 0.0339. The molecule has 204 valence electrons. The van der Waals surface area contributed by atoms with Crippen LogP contribution in [0.5, 0.6) is 5.75 Å². The second kappa shape index (κ2) is 8.55. The van der Waals surface area contributed by atoms with Crippen LogP contribution in [-0.4, -0.2) is 31.9 Å². The zero-order valence-electron chi connectivity index (χ0n) is 21.3. The van der Waals surface area contributed by atoms with Crippen molar-refractivity contribution in [3.05, 3.63) is 64.8 Å². The van der Waals surface area contributed by atoms with Gasteiger partial charge < -0.3 is 8.92 Å². The number of hydrogen-bond acceptors (Lipinski definition) is 5. The van der Waals surface area contributed by atoms with Crippen LogP contribution in [0.2, 0.25) is 0 Å². The highest BCUT2D eigenvalue weighted by molar-refractivity contribution is 7.88. The highest BCUT2D eigenvalue weighted by Gasteiger charge is 2.66. The van der Waals surface area contributed by atoms with Crippen molar-refractivity contribution in [3.8, 4) is 5.75 Å². The Morgan fingerprint density at radius 3 is 2.47 bits per heavy atom. The van der Waals surface area contributed by atoms with Crippen molar-refractivity contribution in [3.63, 3.8) is 0 Å². The van der Waals surface area contributed by atoms with E-state index in [0.717, 1.165) is 55.2 Å². The second-order valence-electron chi connectivity index (χ2n) is 11.6. The van der Waals surface area contributed by atoms with E-state index in [1.807, 2.05) is 0 Å². The first-order valence-electron chi connectivity index (χ1n) is 13.3. The van der Waals surface area contributed by atoms with Crippen LogP contribution >= 0.6 is 0 Å². The van der Waals surface area contributed by atoms with E-state index in [9.17, 15) is 26.4 Å². The van der Waals surface area contributed by atoms with E-state index >= 15 is 0 Å². The molecule has 0 radical (unpaired) electrons. The number of carbonyl (C=O) groups is 1. The van der Waals surface area contributed by atoms with E-state index < -0.39 is 15.6 Å². The second-order valence-corrected chi connectivity index (χ2v) is 13.2. The third kappa shape index (κ3) is 3.68. The quantitative estimate of drug-likeness (QED) is 0.244. The standard InChI is InChI=1S/C29H31F3O5S/c1-17-12-14-36-28(17)13-11-25-23-9-5-19-15-20(33)6-10-22(19)26(23)24(16-27(25,28)2)18-3-7-21(8-4-18)37-38(34,35)29(30,31)32/h3-4,7-8,15,23-25H,1,5-6,9-14,16H2,2H3/t23-,24+,25-,27-,28+/m0/s1. The Balaban J connectivity index is 1.44. The Labute approximate surface area is 220 Å². The van der Waals surface area contributed by atoms with Gasteiger partial charge in [-0.3, -0.25) is 4.79 Å². The number of rotatable bonds is 3. The third-order valence-electron chi connectivity index (χ3n) is 9.95. The van der Waals surface area contributed by atoms with Crippen LogP contribution in [0.3, 0.4) is 0 Å². The number of fused-ring (bicyclic) bond motifs is 5. The minimum atomic E-state index is -5.75. The predicted octanol–water partition coefficient (Wildman–Crippen LogP) is 6.53. The van der Waals surface area contributed by atoms with E-state index in [4.69, 9.17) is 4.74 Å². The zero-order chi connectivity index (χ0) is 27.1. The van der Waals surface area contributed by atoms with Crippen LogP contribution in [0.15, 0.2) is 59.2 Å². The van der Waals surface area contributed by atoms with Gasteiger partial charge in [-0.25, -0.2) is 0 Å². The molecule has 0 aromatic heterocycles.